The lowest BCUT2D eigenvalue weighted by Crippen LogP contribution is -2.61. The van der Waals surface area contributed by atoms with Crippen molar-refractivity contribution in [1.29, 1.82) is 0 Å². The summed E-state index contributed by atoms with van der Waals surface area (Å²) < 4.78 is 0. The number of aromatic nitrogens is 4. The zero-order valence-electron chi connectivity index (χ0n) is 13.5. The van der Waals surface area contributed by atoms with Gasteiger partial charge in [-0.2, -0.15) is 4.80 Å². The zero-order valence-corrected chi connectivity index (χ0v) is 13.5. The summed E-state index contributed by atoms with van der Waals surface area (Å²) in [6.45, 7) is 5.00. The Morgan fingerprint density at radius 2 is 1.86 bits per heavy atom. The van der Waals surface area contributed by atoms with Crippen LogP contribution in [-0.4, -0.2) is 26.2 Å². The fraction of sp³-hybridized carbons (Fsp3) is 0.938. The molecule has 1 aromatic rings. The van der Waals surface area contributed by atoms with Crippen LogP contribution in [0.3, 0.4) is 0 Å². The maximum Gasteiger partial charge on any atom is 0.176 e. The molecule has 5 nitrogen and oxygen atoms in total. The van der Waals surface area contributed by atoms with Gasteiger partial charge in [-0.15, -0.1) is 10.2 Å². The highest BCUT2D eigenvalue weighted by Crippen LogP contribution is 2.70. The normalized spacial score (nSPS) is 46.0. The number of nitrogens with two attached hydrogens (primary N) is 1. The Morgan fingerprint density at radius 3 is 2.38 bits per heavy atom. The number of rotatable bonds is 3. The van der Waals surface area contributed by atoms with Crippen molar-refractivity contribution in [3.63, 3.8) is 0 Å². The average Bonchev–Trinajstić information content (AvgIpc) is 2.69. The highest BCUT2D eigenvalue weighted by Gasteiger charge is 2.61. The number of tetrazole rings is 1. The lowest BCUT2D eigenvalue weighted by atomic mass is 9.39. The first-order chi connectivity index (χ1) is 9.80. The SMILES string of the molecule is Cn1nnc(CC(N)C23CC4CC(C)(CC(C)(C4)C2)C3)n1. The van der Waals surface area contributed by atoms with E-state index in [1.807, 2.05) is 7.05 Å². The Labute approximate surface area is 126 Å². The van der Waals surface area contributed by atoms with Gasteiger partial charge in [0.05, 0.1) is 7.05 Å². The minimum atomic E-state index is 0.170. The standard InChI is InChI=1S/C16H27N5/c1-14-5-11-6-15(2,8-14)10-16(7-11,9-14)12(17)4-13-18-20-21(3)19-13/h11-12H,4-10,17H2,1-3H3. The molecule has 0 amide bonds. The molecule has 2 N–H and O–H groups in total. The lowest BCUT2D eigenvalue weighted by Gasteiger charge is -2.67. The van der Waals surface area contributed by atoms with E-state index in [1.165, 1.54) is 43.3 Å². The van der Waals surface area contributed by atoms with E-state index in [4.69, 9.17) is 5.73 Å². The van der Waals surface area contributed by atoms with Crippen molar-refractivity contribution < 1.29 is 0 Å². The lowest BCUT2D eigenvalue weighted by molar-refractivity contribution is -0.153. The van der Waals surface area contributed by atoms with Crippen molar-refractivity contribution in [3.8, 4) is 0 Å². The molecule has 0 radical (unpaired) electrons. The minimum absolute atomic E-state index is 0.170. The van der Waals surface area contributed by atoms with Gasteiger partial charge in [0.15, 0.2) is 5.82 Å². The Hall–Kier alpha value is -0.970. The van der Waals surface area contributed by atoms with Gasteiger partial charge in [-0.05, 0) is 65.9 Å². The van der Waals surface area contributed by atoms with Gasteiger partial charge in [0.2, 0.25) is 0 Å². The second kappa shape index (κ2) is 4.06. The van der Waals surface area contributed by atoms with Crippen molar-refractivity contribution in [2.45, 2.75) is 64.8 Å². The third kappa shape index (κ3) is 2.12. The van der Waals surface area contributed by atoms with Gasteiger partial charge < -0.3 is 5.73 Å². The van der Waals surface area contributed by atoms with Crippen LogP contribution in [0.5, 0.6) is 0 Å². The van der Waals surface area contributed by atoms with Gasteiger partial charge in [-0.3, -0.25) is 0 Å². The van der Waals surface area contributed by atoms with Crippen molar-refractivity contribution in [2.24, 2.45) is 34.9 Å². The van der Waals surface area contributed by atoms with E-state index in [0.29, 0.717) is 16.2 Å². The minimum Gasteiger partial charge on any atom is -0.327 e. The fourth-order valence-electron chi connectivity index (χ4n) is 6.77. The molecule has 4 aliphatic carbocycles. The number of hydrogen-bond acceptors (Lipinski definition) is 4. The zero-order chi connectivity index (χ0) is 14.9. The van der Waals surface area contributed by atoms with Crippen LogP contribution in [0.2, 0.25) is 0 Å². The molecular formula is C16H27N5. The van der Waals surface area contributed by atoms with Gasteiger partial charge in [0, 0.05) is 12.5 Å². The topological polar surface area (TPSA) is 69.6 Å². The predicted octanol–water partition coefficient (Wildman–Crippen LogP) is 2.08. The second-order valence-electron chi connectivity index (χ2n) is 9.00. The van der Waals surface area contributed by atoms with Gasteiger partial charge in [0.25, 0.3) is 0 Å². The summed E-state index contributed by atoms with van der Waals surface area (Å²) in [5.74, 6) is 1.69. The highest BCUT2D eigenvalue weighted by molar-refractivity contribution is 5.13. The first kappa shape index (κ1) is 13.7. The van der Waals surface area contributed by atoms with Crippen LogP contribution in [0.4, 0.5) is 0 Å². The van der Waals surface area contributed by atoms with E-state index in [2.05, 4.69) is 29.3 Å². The number of nitrogens with zero attached hydrogens (tertiary/aromatic N) is 4. The maximum atomic E-state index is 6.71. The van der Waals surface area contributed by atoms with Gasteiger partial charge >= 0.3 is 0 Å². The molecule has 3 atom stereocenters. The van der Waals surface area contributed by atoms with Crippen molar-refractivity contribution in [3.05, 3.63) is 5.82 Å². The first-order valence-corrected chi connectivity index (χ1v) is 8.28. The van der Waals surface area contributed by atoms with Crippen LogP contribution in [0, 0.1) is 22.2 Å². The van der Waals surface area contributed by atoms with E-state index in [9.17, 15) is 0 Å². The van der Waals surface area contributed by atoms with E-state index in [-0.39, 0.29) is 6.04 Å². The van der Waals surface area contributed by atoms with Gasteiger partial charge in [-0.1, -0.05) is 13.8 Å². The summed E-state index contributed by atoms with van der Waals surface area (Å²) in [4.78, 5) is 1.53. The summed E-state index contributed by atoms with van der Waals surface area (Å²) in [6, 6.07) is 0.170. The molecule has 4 bridgehead atoms. The summed E-state index contributed by atoms with van der Waals surface area (Å²) in [5.41, 5.74) is 8.05. The third-order valence-electron chi connectivity index (χ3n) is 6.41. The number of hydrogen-bond donors (Lipinski definition) is 1. The van der Waals surface area contributed by atoms with Crippen molar-refractivity contribution in [2.75, 3.05) is 0 Å². The molecule has 5 heteroatoms. The molecule has 5 rings (SSSR count). The molecule has 116 valence electrons. The Morgan fingerprint density at radius 1 is 1.19 bits per heavy atom. The van der Waals surface area contributed by atoms with Crippen LogP contribution < -0.4 is 5.73 Å². The Balaban J connectivity index is 1.61. The molecule has 0 spiro atoms. The van der Waals surface area contributed by atoms with Gasteiger partial charge in [0.1, 0.15) is 0 Å². The van der Waals surface area contributed by atoms with Crippen LogP contribution in [-0.2, 0) is 13.5 Å². The molecular weight excluding hydrogens is 262 g/mol. The predicted molar refractivity (Wildman–Crippen MR) is 80.3 cm³/mol. The molecule has 1 heterocycles. The molecule has 1 aromatic heterocycles. The quantitative estimate of drug-likeness (QED) is 0.925. The fourth-order valence-corrected chi connectivity index (χ4v) is 6.77. The van der Waals surface area contributed by atoms with E-state index >= 15 is 0 Å². The number of aryl methyl sites for hydroxylation is 1. The summed E-state index contributed by atoms with van der Waals surface area (Å²) >= 11 is 0. The molecule has 0 aromatic carbocycles. The Kier molecular flexibility index (Phi) is 2.64. The van der Waals surface area contributed by atoms with Crippen molar-refractivity contribution >= 4 is 0 Å². The average molecular weight is 289 g/mol. The molecule has 0 saturated heterocycles. The first-order valence-electron chi connectivity index (χ1n) is 8.28. The van der Waals surface area contributed by atoms with Gasteiger partial charge in [-0.25, -0.2) is 0 Å². The van der Waals surface area contributed by atoms with Crippen LogP contribution in [0.1, 0.15) is 58.2 Å². The molecule has 4 saturated carbocycles. The summed E-state index contributed by atoms with van der Waals surface area (Å²) in [6.07, 6.45) is 8.92. The van der Waals surface area contributed by atoms with Crippen molar-refractivity contribution in [1.82, 2.24) is 20.2 Å². The summed E-state index contributed by atoms with van der Waals surface area (Å²) in [7, 11) is 1.81. The molecule has 0 aliphatic heterocycles. The Bertz CT molecular complexity index is 547. The largest absolute Gasteiger partial charge is 0.327 e. The maximum absolute atomic E-state index is 6.71. The van der Waals surface area contributed by atoms with Crippen LogP contribution in [0.25, 0.3) is 0 Å². The third-order valence-corrected chi connectivity index (χ3v) is 6.41. The second-order valence-corrected chi connectivity index (χ2v) is 9.00. The van der Waals surface area contributed by atoms with Crippen LogP contribution >= 0.6 is 0 Å². The van der Waals surface area contributed by atoms with E-state index < -0.39 is 0 Å². The summed E-state index contributed by atoms with van der Waals surface area (Å²) in [5, 5.41) is 12.4. The molecule has 3 unspecified atom stereocenters. The molecule has 4 fully saturated rings. The smallest absolute Gasteiger partial charge is 0.176 e. The van der Waals surface area contributed by atoms with E-state index in [0.717, 1.165) is 18.2 Å². The van der Waals surface area contributed by atoms with E-state index in [1.54, 1.807) is 0 Å². The molecule has 21 heavy (non-hydrogen) atoms. The molecule has 4 aliphatic rings. The van der Waals surface area contributed by atoms with Crippen LogP contribution in [0.15, 0.2) is 0 Å². The highest BCUT2D eigenvalue weighted by atomic mass is 15.6. The monoisotopic (exact) mass is 289 g/mol.